The third kappa shape index (κ3) is 4.11. The number of hydrogen-bond acceptors (Lipinski definition) is 6. The number of nitro benzene ring substituents is 1. The van der Waals surface area contributed by atoms with Crippen LogP contribution in [0.25, 0.3) is 0 Å². The van der Waals surface area contributed by atoms with Crippen LogP contribution in [0.1, 0.15) is 20.7 Å². The van der Waals surface area contributed by atoms with E-state index in [1.165, 1.54) is 37.4 Å². The van der Waals surface area contributed by atoms with Gasteiger partial charge in [0.15, 0.2) is 0 Å². The second-order valence-electron chi connectivity index (χ2n) is 5.38. The van der Waals surface area contributed by atoms with Gasteiger partial charge in [0.25, 0.3) is 11.6 Å². The normalized spacial score (nSPS) is 10.0. The van der Waals surface area contributed by atoms with Crippen LogP contribution >= 0.6 is 0 Å². The number of benzene rings is 2. The molecule has 8 heteroatoms. The van der Waals surface area contributed by atoms with Crippen LogP contribution in [-0.4, -0.2) is 38.0 Å². The number of anilines is 2. The smallest absolute Gasteiger partial charge is 0.337 e. The summed E-state index contributed by atoms with van der Waals surface area (Å²) in [4.78, 5) is 36.0. The highest BCUT2D eigenvalue weighted by atomic mass is 16.6. The summed E-state index contributed by atoms with van der Waals surface area (Å²) in [6, 6.07) is 10.2. The minimum Gasteiger partial charge on any atom is -0.465 e. The van der Waals surface area contributed by atoms with E-state index < -0.39 is 16.8 Å². The van der Waals surface area contributed by atoms with Crippen LogP contribution in [-0.2, 0) is 4.74 Å². The molecule has 0 saturated carbocycles. The molecule has 0 saturated heterocycles. The van der Waals surface area contributed by atoms with Crippen molar-refractivity contribution < 1.29 is 19.2 Å². The Morgan fingerprint density at radius 2 is 1.76 bits per heavy atom. The first kappa shape index (κ1) is 17.9. The molecule has 25 heavy (non-hydrogen) atoms. The number of non-ortho nitro benzene ring substituents is 1. The zero-order valence-corrected chi connectivity index (χ0v) is 14.0. The number of esters is 1. The zero-order valence-electron chi connectivity index (χ0n) is 14.0. The molecule has 0 spiro atoms. The lowest BCUT2D eigenvalue weighted by Gasteiger charge is -2.17. The Balaban J connectivity index is 2.29. The highest BCUT2D eigenvalue weighted by Gasteiger charge is 2.18. The van der Waals surface area contributed by atoms with E-state index in [1.54, 1.807) is 31.1 Å². The summed E-state index contributed by atoms with van der Waals surface area (Å²) >= 11 is 0. The van der Waals surface area contributed by atoms with Crippen LogP contribution in [0.3, 0.4) is 0 Å². The Kier molecular flexibility index (Phi) is 5.33. The molecule has 0 aliphatic heterocycles. The van der Waals surface area contributed by atoms with Crippen LogP contribution in [0.15, 0.2) is 42.5 Å². The maximum absolute atomic E-state index is 12.5. The van der Waals surface area contributed by atoms with Crippen molar-refractivity contribution >= 4 is 28.9 Å². The van der Waals surface area contributed by atoms with E-state index in [1.807, 2.05) is 0 Å². The molecule has 1 N–H and O–H groups in total. The summed E-state index contributed by atoms with van der Waals surface area (Å²) in [6.07, 6.45) is 0. The molecular weight excluding hydrogens is 326 g/mol. The standard InChI is InChI=1S/C17H17N3O5/c1-19(2)15-9-8-13(20(23)24)10-14(15)16(21)18-12-6-4-11(5-7-12)17(22)25-3/h4-10H,1-3H3,(H,18,21). The van der Waals surface area contributed by atoms with Crippen molar-refractivity contribution in [3.8, 4) is 0 Å². The molecular formula is C17H17N3O5. The van der Waals surface area contributed by atoms with Gasteiger partial charge in [0.1, 0.15) is 0 Å². The lowest BCUT2D eigenvalue weighted by Crippen LogP contribution is -2.19. The monoisotopic (exact) mass is 343 g/mol. The number of nitrogens with one attached hydrogen (secondary N) is 1. The van der Waals surface area contributed by atoms with E-state index in [4.69, 9.17) is 0 Å². The Bertz CT molecular complexity index is 816. The lowest BCUT2D eigenvalue weighted by atomic mass is 10.1. The molecule has 0 heterocycles. The number of nitro groups is 1. The topological polar surface area (TPSA) is 102 Å². The highest BCUT2D eigenvalue weighted by molar-refractivity contribution is 6.08. The van der Waals surface area contributed by atoms with Crippen LogP contribution < -0.4 is 10.2 Å². The maximum atomic E-state index is 12.5. The molecule has 1 amide bonds. The van der Waals surface area contributed by atoms with Crippen molar-refractivity contribution in [1.29, 1.82) is 0 Å². The molecule has 0 aromatic heterocycles. The van der Waals surface area contributed by atoms with Crippen molar-refractivity contribution in [3.05, 3.63) is 63.7 Å². The Hall–Kier alpha value is -3.42. The number of methoxy groups -OCH3 is 1. The van der Waals surface area contributed by atoms with E-state index >= 15 is 0 Å². The molecule has 0 atom stereocenters. The minimum absolute atomic E-state index is 0.170. The predicted molar refractivity (Wildman–Crippen MR) is 93.2 cm³/mol. The zero-order chi connectivity index (χ0) is 18.6. The van der Waals surface area contributed by atoms with Gasteiger partial charge < -0.3 is 15.0 Å². The summed E-state index contributed by atoms with van der Waals surface area (Å²) in [5, 5.41) is 13.6. The molecule has 0 radical (unpaired) electrons. The van der Waals surface area contributed by atoms with E-state index in [0.29, 0.717) is 16.9 Å². The molecule has 0 bridgehead atoms. The molecule has 8 nitrogen and oxygen atoms in total. The van der Waals surface area contributed by atoms with Crippen molar-refractivity contribution in [3.63, 3.8) is 0 Å². The van der Waals surface area contributed by atoms with Crippen LogP contribution in [0.2, 0.25) is 0 Å². The molecule has 0 aliphatic rings. The van der Waals surface area contributed by atoms with E-state index in [-0.39, 0.29) is 11.3 Å². The van der Waals surface area contributed by atoms with Crippen LogP contribution in [0, 0.1) is 10.1 Å². The Morgan fingerprint density at radius 3 is 2.28 bits per heavy atom. The van der Waals surface area contributed by atoms with Gasteiger partial charge in [-0.3, -0.25) is 14.9 Å². The fourth-order valence-corrected chi connectivity index (χ4v) is 2.22. The summed E-state index contributed by atoms with van der Waals surface area (Å²) < 4.78 is 4.61. The SMILES string of the molecule is COC(=O)c1ccc(NC(=O)c2cc([N+](=O)[O-])ccc2N(C)C)cc1. The van der Waals surface area contributed by atoms with Gasteiger partial charge in [0.05, 0.1) is 23.2 Å². The van der Waals surface area contributed by atoms with Crippen molar-refractivity contribution in [2.24, 2.45) is 0 Å². The van der Waals surface area contributed by atoms with Gasteiger partial charge in [-0.05, 0) is 30.3 Å². The molecule has 0 aliphatic carbocycles. The van der Waals surface area contributed by atoms with E-state index in [0.717, 1.165) is 0 Å². The summed E-state index contributed by atoms with van der Waals surface area (Å²) in [5.41, 5.74) is 1.36. The average molecular weight is 343 g/mol. The predicted octanol–water partition coefficient (Wildman–Crippen LogP) is 2.70. The van der Waals surface area contributed by atoms with Gasteiger partial charge in [0, 0.05) is 37.6 Å². The molecule has 0 unspecified atom stereocenters. The van der Waals surface area contributed by atoms with Gasteiger partial charge in [-0.2, -0.15) is 0 Å². The second kappa shape index (κ2) is 7.43. The average Bonchev–Trinajstić information content (AvgIpc) is 2.60. The van der Waals surface area contributed by atoms with Crippen molar-refractivity contribution in [2.75, 3.05) is 31.4 Å². The number of carbonyl (C=O) groups is 2. The summed E-state index contributed by atoms with van der Waals surface area (Å²) in [6.45, 7) is 0. The number of hydrogen-bond donors (Lipinski definition) is 1. The van der Waals surface area contributed by atoms with Crippen LogP contribution in [0.4, 0.5) is 17.1 Å². The largest absolute Gasteiger partial charge is 0.465 e. The van der Waals surface area contributed by atoms with E-state index in [2.05, 4.69) is 10.1 Å². The third-order valence-electron chi connectivity index (χ3n) is 3.48. The molecule has 130 valence electrons. The number of rotatable bonds is 5. The summed E-state index contributed by atoms with van der Waals surface area (Å²) in [5.74, 6) is -0.968. The van der Waals surface area contributed by atoms with Gasteiger partial charge in [-0.15, -0.1) is 0 Å². The van der Waals surface area contributed by atoms with Gasteiger partial charge in [-0.1, -0.05) is 0 Å². The van der Waals surface area contributed by atoms with Gasteiger partial charge >= 0.3 is 5.97 Å². The van der Waals surface area contributed by atoms with Gasteiger partial charge in [0.2, 0.25) is 0 Å². The first-order valence-electron chi connectivity index (χ1n) is 7.29. The molecule has 2 rings (SSSR count). The van der Waals surface area contributed by atoms with Crippen LogP contribution in [0.5, 0.6) is 0 Å². The van der Waals surface area contributed by atoms with Crippen molar-refractivity contribution in [2.45, 2.75) is 0 Å². The first-order chi connectivity index (χ1) is 11.8. The Morgan fingerprint density at radius 1 is 1.12 bits per heavy atom. The molecule has 0 fully saturated rings. The first-order valence-corrected chi connectivity index (χ1v) is 7.29. The van der Waals surface area contributed by atoms with Gasteiger partial charge in [-0.25, -0.2) is 4.79 Å². The quantitative estimate of drug-likeness (QED) is 0.509. The highest BCUT2D eigenvalue weighted by Crippen LogP contribution is 2.25. The number of ether oxygens (including phenoxy) is 1. The maximum Gasteiger partial charge on any atom is 0.337 e. The number of amides is 1. The fraction of sp³-hybridized carbons (Fsp3) is 0.176. The second-order valence-corrected chi connectivity index (χ2v) is 5.38. The number of carbonyl (C=O) groups excluding carboxylic acids is 2. The fourth-order valence-electron chi connectivity index (χ4n) is 2.22. The van der Waals surface area contributed by atoms with E-state index in [9.17, 15) is 19.7 Å². The van der Waals surface area contributed by atoms with Crippen molar-refractivity contribution in [1.82, 2.24) is 0 Å². The Labute approximate surface area is 144 Å². The number of nitrogens with zero attached hydrogens (tertiary/aromatic N) is 2. The minimum atomic E-state index is -0.554. The lowest BCUT2D eigenvalue weighted by molar-refractivity contribution is -0.384. The summed E-state index contributed by atoms with van der Waals surface area (Å²) in [7, 11) is 4.76. The molecule has 2 aromatic rings. The third-order valence-corrected chi connectivity index (χ3v) is 3.48. The molecule has 2 aromatic carbocycles.